The summed E-state index contributed by atoms with van der Waals surface area (Å²) in [6.45, 7) is 8.79. The van der Waals surface area contributed by atoms with Crippen molar-refractivity contribution >= 4 is 21.6 Å². The molecule has 1 unspecified atom stereocenters. The maximum atomic E-state index is 3.57. The maximum Gasteiger partial charge on any atom is 0.0425 e. The summed E-state index contributed by atoms with van der Waals surface area (Å²) in [5.41, 5.74) is 2.71. The normalized spacial score (nSPS) is 12.5. The minimum atomic E-state index is 0.379. The fraction of sp³-hybridized carbons (Fsp3) is 0.571. The van der Waals surface area contributed by atoms with Crippen molar-refractivity contribution in [3.8, 4) is 0 Å². The van der Waals surface area contributed by atoms with Crippen molar-refractivity contribution in [1.29, 1.82) is 0 Å². The third-order valence-electron chi connectivity index (χ3n) is 3.11. The molecule has 1 aromatic carbocycles. The van der Waals surface area contributed by atoms with Crippen LogP contribution in [0.3, 0.4) is 0 Å². The minimum absolute atomic E-state index is 0.379. The number of nitrogens with one attached hydrogen (secondary N) is 1. The second-order valence-corrected chi connectivity index (χ2v) is 5.21. The summed E-state index contributed by atoms with van der Waals surface area (Å²) in [6, 6.07) is 6.93. The molecule has 2 nitrogen and oxygen atoms in total. The Labute approximate surface area is 114 Å². The van der Waals surface area contributed by atoms with Gasteiger partial charge in [-0.05, 0) is 45.0 Å². The SMILES string of the molecule is CCCN(CC)c1cc(Br)ccc1C(C)NC. The maximum absolute atomic E-state index is 3.57. The molecule has 0 aliphatic heterocycles. The Bertz CT molecular complexity index is 352. The lowest BCUT2D eigenvalue weighted by Crippen LogP contribution is -2.26. The van der Waals surface area contributed by atoms with E-state index in [-0.39, 0.29) is 0 Å². The zero-order chi connectivity index (χ0) is 12.8. The minimum Gasteiger partial charge on any atom is -0.372 e. The van der Waals surface area contributed by atoms with Crippen LogP contribution in [0.5, 0.6) is 0 Å². The largest absolute Gasteiger partial charge is 0.372 e. The number of anilines is 1. The molecule has 0 spiro atoms. The van der Waals surface area contributed by atoms with E-state index in [1.54, 1.807) is 0 Å². The lowest BCUT2D eigenvalue weighted by atomic mass is 10.1. The van der Waals surface area contributed by atoms with Crippen molar-refractivity contribution in [3.63, 3.8) is 0 Å². The fourth-order valence-electron chi connectivity index (χ4n) is 2.03. The van der Waals surface area contributed by atoms with Gasteiger partial charge in [0.15, 0.2) is 0 Å². The van der Waals surface area contributed by atoms with Gasteiger partial charge in [0, 0.05) is 29.3 Å². The molecule has 3 heteroatoms. The highest BCUT2D eigenvalue weighted by Crippen LogP contribution is 2.29. The van der Waals surface area contributed by atoms with E-state index < -0.39 is 0 Å². The van der Waals surface area contributed by atoms with E-state index in [0.29, 0.717) is 6.04 Å². The van der Waals surface area contributed by atoms with Crippen LogP contribution in [0.4, 0.5) is 5.69 Å². The molecule has 0 saturated carbocycles. The summed E-state index contributed by atoms with van der Waals surface area (Å²) in [5, 5.41) is 3.32. The number of halogens is 1. The summed E-state index contributed by atoms with van der Waals surface area (Å²) in [6.07, 6.45) is 1.17. The number of rotatable bonds is 6. The Balaban J connectivity index is 3.12. The van der Waals surface area contributed by atoms with E-state index in [9.17, 15) is 0 Å². The summed E-state index contributed by atoms with van der Waals surface area (Å²) in [5.74, 6) is 0. The molecule has 96 valence electrons. The van der Waals surface area contributed by atoms with Crippen LogP contribution in [0.1, 0.15) is 38.8 Å². The van der Waals surface area contributed by atoms with Gasteiger partial charge < -0.3 is 10.2 Å². The van der Waals surface area contributed by atoms with E-state index in [4.69, 9.17) is 0 Å². The first-order valence-corrected chi connectivity index (χ1v) is 7.14. The Morgan fingerprint density at radius 2 is 2.06 bits per heavy atom. The molecule has 1 aromatic rings. The third-order valence-corrected chi connectivity index (χ3v) is 3.60. The van der Waals surface area contributed by atoms with Crippen LogP contribution in [0.15, 0.2) is 22.7 Å². The van der Waals surface area contributed by atoms with Crippen LogP contribution in [0, 0.1) is 0 Å². The fourth-order valence-corrected chi connectivity index (χ4v) is 2.38. The predicted molar refractivity (Wildman–Crippen MR) is 79.8 cm³/mol. The smallest absolute Gasteiger partial charge is 0.0425 e. The molecule has 1 atom stereocenters. The molecule has 0 amide bonds. The Hall–Kier alpha value is -0.540. The topological polar surface area (TPSA) is 15.3 Å². The summed E-state index contributed by atoms with van der Waals surface area (Å²) < 4.78 is 1.15. The molecule has 17 heavy (non-hydrogen) atoms. The van der Waals surface area contributed by atoms with Gasteiger partial charge in [0.05, 0.1) is 0 Å². The van der Waals surface area contributed by atoms with Gasteiger partial charge >= 0.3 is 0 Å². The first-order chi connectivity index (χ1) is 8.13. The molecule has 0 aliphatic rings. The molecule has 0 fully saturated rings. The lowest BCUT2D eigenvalue weighted by molar-refractivity contribution is 0.646. The average molecular weight is 299 g/mol. The van der Waals surface area contributed by atoms with Crippen LogP contribution < -0.4 is 10.2 Å². The molecule has 0 saturated heterocycles. The van der Waals surface area contributed by atoms with Gasteiger partial charge in [0.1, 0.15) is 0 Å². The van der Waals surface area contributed by atoms with Crippen molar-refractivity contribution in [2.45, 2.75) is 33.2 Å². The first kappa shape index (κ1) is 14.5. The Morgan fingerprint density at radius 1 is 1.35 bits per heavy atom. The lowest BCUT2D eigenvalue weighted by Gasteiger charge is -2.27. The van der Waals surface area contributed by atoms with Gasteiger partial charge in [-0.2, -0.15) is 0 Å². The van der Waals surface area contributed by atoms with E-state index in [2.05, 4.69) is 65.1 Å². The van der Waals surface area contributed by atoms with Crippen molar-refractivity contribution in [2.75, 3.05) is 25.0 Å². The first-order valence-electron chi connectivity index (χ1n) is 6.35. The Morgan fingerprint density at radius 3 is 2.59 bits per heavy atom. The zero-order valence-corrected chi connectivity index (χ0v) is 12.8. The van der Waals surface area contributed by atoms with Crippen LogP contribution in [0.2, 0.25) is 0 Å². The molecule has 0 radical (unpaired) electrons. The van der Waals surface area contributed by atoms with Gasteiger partial charge in [0.25, 0.3) is 0 Å². The predicted octanol–water partition coefficient (Wildman–Crippen LogP) is 3.97. The molecule has 0 bridgehead atoms. The van der Waals surface area contributed by atoms with Crippen molar-refractivity contribution in [1.82, 2.24) is 5.32 Å². The van der Waals surface area contributed by atoms with Crippen LogP contribution >= 0.6 is 15.9 Å². The summed E-state index contributed by atoms with van der Waals surface area (Å²) in [7, 11) is 2.01. The van der Waals surface area contributed by atoms with Crippen molar-refractivity contribution < 1.29 is 0 Å². The number of hydrogen-bond donors (Lipinski definition) is 1. The van der Waals surface area contributed by atoms with Gasteiger partial charge in [-0.15, -0.1) is 0 Å². The molecule has 0 heterocycles. The van der Waals surface area contributed by atoms with E-state index in [1.165, 1.54) is 17.7 Å². The molecule has 1 rings (SSSR count). The molecular formula is C14H23BrN2. The van der Waals surface area contributed by atoms with E-state index >= 15 is 0 Å². The van der Waals surface area contributed by atoms with Crippen LogP contribution in [-0.4, -0.2) is 20.1 Å². The zero-order valence-electron chi connectivity index (χ0n) is 11.3. The van der Waals surface area contributed by atoms with Gasteiger partial charge in [-0.25, -0.2) is 0 Å². The molecule has 1 N–H and O–H groups in total. The quantitative estimate of drug-likeness (QED) is 0.855. The van der Waals surface area contributed by atoms with Crippen molar-refractivity contribution in [2.24, 2.45) is 0 Å². The number of nitrogens with zero attached hydrogens (tertiary/aromatic N) is 1. The molecule has 0 aliphatic carbocycles. The van der Waals surface area contributed by atoms with Gasteiger partial charge in [0.2, 0.25) is 0 Å². The number of hydrogen-bond acceptors (Lipinski definition) is 2. The second kappa shape index (κ2) is 7.02. The average Bonchev–Trinajstić information content (AvgIpc) is 2.35. The molecule has 0 aromatic heterocycles. The second-order valence-electron chi connectivity index (χ2n) is 4.29. The van der Waals surface area contributed by atoms with Crippen LogP contribution in [0.25, 0.3) is 0 Å². The van der Waals surface area contributed by atoms with Crippen LogP contribution in [-0.2, 0) is 0 Å². The van der Waals surface area contributed by atoms with E-state index in [0.717, 1.165) is 17.6 Å². The highest BCUT2D eigenvalue weighted by Gasteiger charge is 2.13. The standard InChI is InChI=1S/C14H23BrN2/c1-5-9-17(6-2)14-10-12(15)7-8-13(14)11(3)16-4/h7-8,10-11,16H,5-6,9H2,1-4H3. The molecular weight excluding hydrogens is 276 g/mol. The highest BCUT2D eigenvalue weighted by molar-refractivity contribution is 9.10. The van der Waals surface area contributed by atoms with Gasteiger partial charge in [-0.3, -0.25) is 0 Å². The van der Waals surface area contributed by atoms with E-state index in [1.807, 2.05) is 7.05 Å². The van der Waals surface area contributed by atoms with Crippen molar-refractivity contribution in [3.05, 3.63) is 28.2 Å². The highest BCUT2D eigenvalue weighted by atomic mass is 79.9. The summed E-state index contributed by atoms with van der Waals surface area (Å²) in [4.78, 5) is 2.44. The summed E-state index contributed by atoms with van der Waals surface area (Å²) >= 11 is 3.57. The third kappa shape index (κ3) is 3.71. The Kier molecular flexibility index (Phi) is 6.00. The van der Waals surface area contributed by atoms with Gasteiger partial charge in [-0.1, -0.05) is 28.9 Å². The number of benzene rings is 1. The monoisotopic (exact) mass is 298 g/mol.